The lowest BCUT2D eigenvalue weighted by Gasteiger charge is -2.47. The van der Waals surface area contributed by atoms with Gasteiger partial charge in [-0.3, -0.25) is 0 Å². The van der Waals surface area contributed by atoms with Gasteiger partial charge in [-0.05, 0) is 66.5 Å². The molecule has 2 atom stereocenters. The number of phenols is 1. The Hall–Kier alpha value is -1.77. The highest BCUT2D eigenvalue weighted by Crippen LogP contribution is 2.53. The van der Waals surface area contributed by atoms with Gasteiger partial charge in [0.15, 0.2) is 0 Å². The zero-order valence-electron chi connectivity index (χ0n) is 14.4. The summed E-state index contributed by atoms with van der Waals surface area (Å²) in [7, 11) is 0. The molecule has 2 aliphatic carbocycles. The molecule has 3 rings (SSSR count). The fourth-order valence-electron chi connectivity index (χ4n) is 4.77. The van der Waals surface area contributed by atoms with Gasteiger partial charge in [0.1, 0.15) is 5.75 Å². The second kappa shape index (κ2) is 5.40. The molecule has 23 heavy (non-hydrogen) atoms. The van der Waals surface area contributed by atoms with Gasteiger partial charge in [-0.15, -0.1) is 0 Å². The van der Waals surface area contributed by atoms with Gasteiger partial charge in [-0.2, -0.15) is 0 Å². The number of carboxylic acid groups (broad SMARTS) is 1. The Bertz CT molecular complexity index is 699. The van der Waals surface area contributed by atoms with Crippen molar-refractivity contribution in [1.82, 2.24) is 0 Å². The zero-order chi connectivity index (χ0) is 16.9. The van der Waals surface area contributed by atoms with E-state index in [2.05, 4.69) is 32.9 Å². The molecule has 2 N–H and O–H groups in total. The molecule has 124 valence electrons. The maximum absolute atomic E-state index is 11.5. The maximum atomic E-state index is 11.5. The number of carboxylic acids is 1. The van der Waals surface area contributed by atoms with Crippen LogP contribution < -0.4 is 0 Å². The van der Waals surface area contributed by atoms with Crippen molar-refractivity contribution in [3.05, 3.63) is 40.0 Å². The van der Waals surface area contributed by atoms with Gasteiger partial charge >= 0.3 is 5.97 Å². The van der Waals surface area contributed by atoms with E-state index in [0.29, 0.717) is 23.7 Å². The summed E-state index contributed by atoms with van der Waals surface area (Å²) in [6, 6.07) is 4.23. The van der Waals surface area contributed by atoms with Gasteiger partial charge in [0, 0.05) is 5.57 Å². The summed E-state index contributed by atoms with van der Waals surface area (Å²) in [5.41, 5.74) is 4.88. The number of allylic oxidation sites excluding steroid dienone is 1. The number of hydrogen-bond acceptors (Lipinski definition) is 2. The fourth-order valence-corrected chi connectivity index (χ4v) is 4.77. The van der Waals surface area contributed by atoms with Crippen molar-refractivity contribution in [2.45, 2.75) is 64.7 Å². The number of fused-ring (bicyclic) bond motifs is 3. The lowest BCUT2D eigenvalue weighted by Crippen LogP contribution is -2.41. The average molecular weight is 314 g/mol. The number of rotatable bonds is 2. The highest BCUT2D eigenvalue weighted by molar-refractivity contribution is 5.88. The Labute approximate surface area is 138 Å². The SMILES string of the molecule is CC1=C(C(=O)O)CCC2(C)c3ccc(C(C)C)c(O)c3CCC12. The van der Waals surface area contributed by atoms with Crippen LogP contribution in [-0.4, -0.2) is 16.2 Å². The Morgan fingerprint density at radius 3 is 2.61 bits per heavy atom. The number of aromatic hydroxyl groups is 1. The van der Waals surface area contributed by atoms with Crippen molar-refractivity contribution >= 4 is 5.97 Å². The van der Waals surface area contributed by atoms with Crippen LogP contribution >= 0.6 is 0 Å². The molecule has 0 radical (unpaired) electrons. The first kappa shape index (κ1) is 16.1. The first-order valence-electron chi connectivity index (χ1n) is 8.55. The smallest absolute Gasteiger partial charge is 0.331 e. The third kappa shape index (κ3) is 2.29. The summed E-state index contributed by atoms with van der Waals surface area (Å²) in [6.07, 6.45) is 3.19. The standard InChI is InChI=1S/C20H26O3/c1-11(2)13-5-8-17-15(18(13)21)6-7-16-12(3)14(19(22)23)9-10-20(16,17)4/h5,8,11,16,21H,6-7,9-10H2,1-4H3,(H,22,23). The fraction of sp³-hybridized carbons (Fsp3) is 0.550. The summed E-state index contributed by atoms with van der Waals surface area (Å²) in [5.74, 6) is 0.257. The van der Waals surface area contributed by atoms with Crippen LogP contribution in [-0.2, 0) is 16.6 Å². The molecule has 0 amide bonds. The quantitative estimate of drug-likeness (QED) is 0.843. The molecule has 0 heterocycles. The van der Waals surface area contributed by atoms with Crippen LogP contribution in [0, 0.1) is 5.92 Å². The number of benzene rings is 1. The second-order valence-electron chi connectivity index (χ2n) is 7.66. The minimum atomic E-state index is -0.770. The molecule has 2 aliphatic rings. The minimum absolute atomic E-state index is 0.0659. The molecule has 1 aromatic rings. The topological polar surface area (TPSA) is 57.5 Å². The number of phenolic OH excluding ortho intramolecular Hbond substituents is 1. The van der Waals surface area contributed by atoms with Crippen molar-refractivity contribution < 1.29 is 15.0 Å². The summed E-state index contributed by atoms with van der Waals surface area (Å²) in [6.45, 7) is 8.42. The minimum Gasteiger partial charge on any atom is -0.507 e. The van der Waals surface area contributed by atoms with Gasteiger partial charge in [0.05, 0.1) is 0 Å². The van der Waals surface area contributed by atoms with E-state index in [1.54, 1.807) is 0 Å². The number of carbonyl (C=O) groups is 1. The van der Waals surface area contributed by atoms with Crippen LogP contribution in [0.15, 0.2) is 23.3 Å². The van der Waals surface area contributed by atoms with E-state index >= 15 is 0 Å². The summed E-state index contributed by atoms with van der Waals surface area (Å²) < 4.78 is 0. The van der Waals surface area contributed by atoms with Crippen LogP contribution in [0.2, 0.25) is 0 Å². The number of aliphatic carboxylic acids is 1. The van der Waals surface area contributed by atoms with Crippen molar-refractivity contribution in [2.75, 3.05) is 0 Å². The molecule has 1 aromatic carbocycles. The molecule has 0 fully saturated rings. The zero-order valence-corrected chi connectivity index (χ0v) is 14.4. The van der Waals surface area contributed by atoms with E-state index in [4.69, 9.17) is 0 Å². The van der Waals surface area contributed by atoms with Crippen LogP contribution in [0.1, 0.15) is 69.6 Å². The molecule has 3 heteroatoms. The predicted octanol–water partition coefficient (Wildman–Crippen LogP) is 4.53. The molecule has 2 unspecified atom stereocenters. The van der Waals surface area contributed by atoms with Crippen LogP contribution in [0.25, 0.3) is 0 Å². The lowest BCUT2D eigenvalue weighted by atomic mass is 9.56. The molecular formula is C20H26O3. The number of hydrogen-bond donors (Lipinski definition) is 2. The van der Waals surface area contributed by atoms with Gasteiger partial charge in [-0.25, -0.2) is 4.79 Å². The largest absolute Gasteiger partial charge is 0.507 e. The van der Waals surface area contributed by atoms with Crippen LogP contribution in [0.4, 0.5) is 0 Å². The van der Waals surface area contributed by atoms with Gasteiger partial charge in [-0.1, -0.05) is 38.5 Å². The molecule has 3 nitrogen and oxygen atoms in total. The normalized spacial score (nSPS) is 26.9. The second-order valence-corrected chi connectivity index (χ2v) is 7.66. The molecular weight excluding hydrogens is 288 g/mol. The Balaban J connectivity index is 2.12. The highest BCUT2D eigenvalue weighted by atomic mass is 16.4. The Kier molecular flexibility index (Phi) is 3.78. The van der Waals surface area contributed by atoms with Gasteiger partial charge in [0.25, 0.3) is 0 Å². The van der Waals surface area contributed by atoms with E-state index in [9.17, 15) is 15.0 Å². The van der Waals surface area contributed by atoms with Crippen molar-refractivity contribution in [1.29, 1.82) is 0 Å². The first-order chi connectivity index (χ1) is 10.8. The molecule has 0 bridgehead atoms. The van der Waals surface area contributed by atoms with Crippen molar-refractivity contribution in [3.63, 3.8) is 0 Å². The molecule has 0 aromatic heterocycles. The van der Waals surface area contributed by atoms with Crippen LogP contribution in [0.3, 0.4) is 0 Å². The summed E-state index contributed by atoms with van der Waals surface area (Å²) in [5, 5.41) is 20.1. The Morgan fingerprint density at radius 1 is 1.30 bits per heavy atom. The van der Waals surface area contributed by atoms with Crippen molar-refractivity contribution in [2.24, 2.45) is 5.92 Å². The Morgan fingerprint density at radius 2 is 2.00 bits per heavy atom. The predicted molar refractivity (Wildman–Crippen MR) is 90.9 cm³/mol. The third-order valence-electron chi connectivity index (χ3n) is 6.15. The molecule has 0 saturated heterocycles. The van der Waals surface area contributed by atoms with E-state index in [1.165, 1.54) is 5.56 Å². The lowest BCUT2D eigenvalue weighted by molar-refractivity contribution is -0.133. The van der Waals surface area contributed by atoms with Crippen LogP contribution in [0.5, 0.6) is 5.75 Å². The van der Waals surface area contributed by atoms with Gasteiger partial charge in [0.2, 0.25) is 0 Å². The van der Waals surface area contributed by atoms with Crippen molar-refractivity contribution in [3.8, 4) is 5.75 Å². The van der Waals surface area contributed by atoms with E-state index in [0.717, 1.165) is 36.0 Å². The van der Waals surface area contributed by atoms with E-state index in [-0.39, 0.29) is 11.3 Å². The monoisotopic (exact) mass is 314 g/mol. The van der Waals surface area contributed by atoms with Gasteiger partial charge < -0.3 is 10.2 Å². The molecule has 0 spiro atoms. The summed E-state index contributed by atoms with van der Waals surface area (Å²) >= 11 is 0. The molecule has 0 saturated carbocycles. The maximum Gasteiger partial charge on any atom is 0.331 e. The molecule has 0 aliphatic heterocycles. The highest BCUT2D eigenvalue weighted by Gasteiger charge is 2.45. The van der Waals surface area contributed by atoms with E-state index < -0.39 is 5.97 Å². The van der Waals surface area contributed by atoms with E-state index in [1.807, 2.05) is 6.92 Å². The third-order valence-corrected chi connectivity index (χ3v) is 6.15. The first-order valence-corrected chi connectivity index (χ1v) is 8.55. The summed E-state index contributed by atoms with van der Waals surface area (Å²) in [4.78, 5) is 11.5. The average Bonchev–Trinajstić information content (AvgIpc) is 2.47.